The van der Waals surface area contributed by atoms with E-state index in [0.29, 0.717) is 23.3 Å². The molecule has 0 bridgehead atoms. The number of aliphatic hydroxyl groups is 1. The molecule has 0 aromatic heterocycles. The first-order valence-electron chi connectivity index (χ1n) is 10.2. The minimum Gasteiger partial charge on any atom is -0.465 e. The number of hydrogen-bond acceptors (Lipinski definition) is 6. The van der Waals surface area contributed by atoms with E-state index < -0.39 is 11.6 Å². The Labute approximate surface area is 186 Å². The predicted octanol–water partition coefficient (Wildman–Crippen LogP) is 4.22. The Balaban J connectivity index is 1.84. The van der Waals surface area contributed by atoms with Crippen molar-refractivity contribution in [3.05, 3.63) is 70.8 Å². The Hall–Kier alpha value is -2.83. The van der Waals surface area contributed by atoms with E-state index in [9.17, 15) is 14.7 Å². The molecule has 3 rings (SSSR count). The van der Waals surface area contributed by atoms with Crippen LogP contribution < -0.4 is 0 Å². The molecule has 1 aliphatic heterocycles. The SMILES string of the molecule is CCCCC1(Cc2ccc(C(=O)c3ccccc3C(=O)OC)cc2)N=C(Cl)C(CO)=N1. The van der Waals surface area contributed by atoms with Gasteiger partial charge in [0.2, 0.25) is 0 Å². The third kappa shape index (κ3) is 5.09. The molecule has 0 spiro atoms. The van der Waals surface area contributed by atoms with Gasteiger partial charge in [-0.2, -0.15) is 0 Å². The van der Waals surface area contributed by atoms with Gasteiger partial charge >= 0.3 is 5.97 Å². The summed E-state index contributed by atoms with van der Waals surface area (Å²) in [5.41, 5.74) is 1.63. The smallest absolute Gasteiger partial charge is 0.338 e. The van der Waals surface area contributed by atoms with E-state index in [1.807, 2.05) is 12.1 Å². The molecule has 0 saturated carbocycles. The second-order valence-electron chi connectivity index (χ2n) is 7.45. The molecule has 1 aliphatic rings. The number of ketones is 1. The van der Waals surface area contributed by atoms with Gasteiger partial charge in [-0.15, -0.1) is 0 Å². The van der Waals surface area contributed by atoms with Crippen LogP contribution in [0.4, 0.5) is 0 Å². The maximum absolute atomic E-state index is 13.0. The standard InChI is InChI=1S/C24H25ClN2O4/c1-3-4-13-24(26-20(15-28)22(25)27-24)14-16-9-11-17(12-10-16)21(29)18-7-5-6-8-19(18)23(30)31-2/h5-12,28H,3-4,13-15H2,1-2H3. The molecule has 1 heterocycles. The second-order valence-corrected chi connectivity index (χ2v) is 7.80. The number of ether oxygens (including phenoxy) is 1. The van der Waals surface area contributed by atoms with E-state index in [4.69, 9.17) is 16.3 Å². The van der Waals surface area contributed by atoms with Crippen molar-refractivity contribution in [2.45, 2.75) is 38.3 Å². The van der Waals surface area contributed by atoms with Crippen LogP contribution in [0.15, 0.2) is 58.5 Å². The summed E-state index contributed by atoms with van der Waals surface area (Å²) in [6.07, 6.45) is 3.15. The molecular formula is C24H25ClN2O4. The van der Waals surface area contributed by atoms with Crippen molar-refractivity contribution in [1.82, 2.24) is 0 Å². The van der Waals surface area contributed by atoms with Crippen molar-refractivity contribution in [3.63, 3.8) is 0 Å². The number of halogens is 1. The first-order chi connectivity index (χ1) is 14.9. The third-order valence-electron chi connectivity index (χ3n) is 5.25. The molecule has 31 heavy (non-hydrogen) atoms. The highest BCUT2D eigenvalue weighted by molar-refractivity contribution is 6.84. The number of aliphatic imine (C=N–C) groups is 2. The predicted molar refractivity (Wildman–Crippen MR) is 121 cm³/mol. The number of aliphatic hydroxyl groups excluding tert-OH is 1. The molecule has 0 aliphatic carbocycles. The Morgan fingerprint density at radius 3 is 2.32 bits per heavy atom. The van der Waals surface area contributed by atoms with Gasteiger partial charge in [0.25, 0.3) is 0 Å². The fourth-order valence-corrected chi connectivity index (χ4v) is 3.89. The minimum absolute atomic E-state index is 0.235. The zero-order valence-corrected chi connectivity index (χ0v) is 18.4. The summed E-state index contributed by atoms with van der Waals surface area (Å²) in [5, 5.41) is 9.73. The Bertz CT molecular complexity index is 1030. The number of rotatable bonds is 9. The zero-order chi connectivity index (χ0) is 22.4. The van der Waals surface area contributed by atoms with Crippen molar-refractivity contribution in [2.75, 3.05) is 13.7 Å². The molecule has 162 valence electrons. The van der Waals surface area contributed by atoms with Crippen LogP contribution in [-0.2, 0) is 11.2 Å². The lowest BCUT2D eigenvalue weighted by atomic mass is 9.93. The summed E-state index contributed by atoms with van der Waals surface area (Å²) in [6.45, 7) is 1.85. The van der Waals surface area contributed by atoms with E-state index in [-0.39, 0.29) is 23.1 Å². The summed E-state index contributed by atoms with van der Waals surface area (Å²) >= 11 is 6.17. The van der Waals surface area contributed by atoms with Crippen LogP contribution >= 0.6 is 11.6 Å². The number of nitrogens with zero attached hydrogens (tertiary/aromatic N) is 2. The summed E-state index contributed by atoms with van der Waals surface area (Å²) in [4.78, 5) is 34.1. The maximum Gasteiger partial charge on any atom is 0.338 e. The van der Waals surface area contributed by atoms with Gasteiger partial charge in [0.1, 0.15) is 10.9 Å². The molecule has 7 heteroatoms. The summed E-state index contributed by atoms with van der Waals surface area (Å²) < 4.78 is 4.78. The van der Waals surface area contributed by atoms with Gasteiger partial charge in [-0.05, 0) is 24.5 Å². The maximum atomic E-state index is 13.0. The molecule has 0 radical (unpaired) electrons. The van der Waals surface area contributed by atoms with Gasteiger partial charge < -0.3 is 9.84 Å². The van der Waals surface area contributed by atoms with Gasteiger partial charge in [-0.3, -0.25) is 9.79 Å². The largest absolute Gasteiger partial charge is 0.465 e. The number of carbonyl (C=O) groups excluding carboxylic acids is 2. The lowest BCUT2D eigenvalue weighted by molar-refractivity contribution is 0.0597. The topological polar surface area (TPSA) is 88.3 Å². The van der Waals surface area contributed by atoms with Gasteiger partial charge in [0.15, 0.2) is 11.4 Å². The van der Waals surface area contributed by atoms with Crippen molar-refractivity contribution in [2.24, 2.45) is 9.98 Å². The number of methoxy groups -OCH3 is 1. The number of unbranched alkanes of at least 4 members (excludes halogenated alkanes) is 1. The number of benzene rings is 2. The van der Waals surface area contributed by atoms with Crippen molar-refractivity contribution in [1.29, 1.82) is 0 Å². The first-order valence-corrected chi connectivity index (χ1v) is 10.6. The summed E-state index contributed by atoms with van der Waals surface area (Å²) in [5.74, 6) is -0.803. The molecule has 0 fully saturated rings. The highest BCUT2D eigenvalue weighted by Gasteiger charge is 2.35. The van der Waals surface area contributed by atoms with E-state index in [2.05, 4.69) is 16.9 Å². The van der Waals surface area contributed by atoms with Crippen molar-refractivity contribution in [3.8, 4) is 0 Å². The Morgan fingerprint density at radius 2 is 1.74 bits per heavy atom. The lowest BCUT2D eigenvalue weighted by Crippen LogP contribution is -2.25. The van der Waals surface area contributed by atoms with E-state index in [1.54, 1.807) is 36.4 Å². The van der Waals surface area contributed by atoms with Crippen LogP contribution in [0.2, 0.25) is 0 Å². The van der Waals surface area contributed by atoms with Gasteiger partial charge in [-0.25, -0.2) is 9.79 Å². The third-order valence-corrected chi connectivity index (χ3v) is 5.55. The molecule has 0 saturated heterocycles. The molecule has 0 amide bonds. The van der Waals surface area contributed by atoms with Crippen LogP contribution in [-0.4, -0.2) is 47.1 Å². The highest BCUT2D eigenvalue weighted by atomic mass is 35.5. The normalized spacial score (nSPS) is 17.8. The van der Waals surface area contributed by atoms with Gasteiger partial charge in [0, 0.05) is 17.5 Å². The van der Waals surface area contributed by atoms with Crippen LogP contribution in [0.25, 0.3) is 0 Å². The number of esters is 1. The minimum atomic E-state index is -0.728. The summed E-state index contributed by atoms with van der Waals surface area (Å²) in [6, 6.07) is 13.8. The van der Waals surface area contributed by atoms with Crippen LogP contribution in [0.5, 0.6) is 0 Å². The van der Waals surface area contributed by atoms with Crippen LogP contribution in [0.1, 0.15) is 58.0 Å². The quantitative estimate of drug-likeness (QED) is 0.467. The molecule has 1 atom stereocenters. The fourth-order valence-electron chi connectivity index (χ4n) is 3.63. The van der Waals surface area contributed by atoms with E-state index in [0.717, 1.165) is 24.8 Å². The molecule has 1 N–H and O–H groups in total. The second kappa shape index (κ2) is 9.98. The van der Waals surface area contributed by atoms with Crippen LogP contribution in [0.3, 0.4) is 0 Å². The Kier molecular flexibility index (Phi) is 7.36. The number of carbonyl (C=O) groups is 2. The first kappa shape index (κ1) is 22.8. The van der Waals surface area contributed by atoms with E-state index >= 15 is 0 Å². The number of hydrogen-bond donors (Lipinski definition) is 1. The van der Waals surface area contributed by atoms with Gasteiger partial charge in [-0.1, -0.05) is 67.4 Å². The monoisotopic (exact) mass is 440 g/mol. The van der Waals surface area contributed by atoms with Crippen LogP contribution in [0, 0.1) is 0 Å². The van der Waals surface area contributed by atoms with Crippen molar-refractivity contribution >= 4 is 34.2 Å². The molecule has 2 aromatic carbocycles. The lowest BCUT2D eigenvalue weighted by Gasteiger charge is -2.23. The molecule has 6 nitrogen and oxygen atoms in total. The van der Waals surface area contributed by atoms with Crippen molar-refractivity contribution < 1.29 is 19.4 Å². The molecular weight excluding hydrogens is 416 g/mol. The van der Waals surface area contributed by atoms with E-state index in [1.165, 1.54) is 7.11 Å². The Morgan fingerprint density at radius 1 is 1.06 bits per heavy atom. The van der Waals surface area contributed by atoms with Gasteiger partial charge in [0.05, 0.1) is 19.3 Å². The average Bonchev–Trinajstić information content (AvgIpc) is 3.12. The zero-order valence-electron chi connectivity index (χ0n) is 17.6. The average molecular weight is 441 g/mol. The fraction of sp³-hybridized carbons (Fsp3) is 0.333. The molecule has 2 aromatic rings. The molecule has 1 unspecified atom stereocenters. The summed E-state index contributed by atoms with van der Waals surface area (Å²) in [7, 11) is 1.29. The highest BCUT2D eigenvalue weighted by Crippen LogP contribution is 2.31.